The highest BCUT2D eigenvalue weighted by Gasteiger charge is 2.09. The molecule has 0 aliphatic rings. The summed E-state index contributed by atoms with van der Waals surface area (Å²) < 4.78 is 1.73. The summed E-state index contributed by atoms with van der Waals surface area (Å²) >= 11 is 5.58. The van der Waals surface area contributed by atoms with E-state index in [1.807, 2.05) is 6.92 Å². The molecule has 1 aromatic rings. The molecule has 0 aromatic carbocycles. The van der Waals surface area contributed by atoms with Crippen LogP contribution in [0.3, 0.4) is 0 Å². The highest BCUT2D eigenvalue weighted by atomic mass is 35.5. The maximum absolute atomic E-state index is 11.1. The smallest absolute Gasteiger partial charge is 0.242 e. The van der Waals surface area contributed by atoms with E-state index in [-0.39, 0.29) is 5.91 Å². The molecule has 0 aliphatic heterocycles. The van der Waals surface area contributed by atoms with Crippen LogP contribution in [0.5, 0.6) is 0 Å². The number of anilines is 1. The summed E-state index contributed by atoms with van der Waals surface area (Å²) in [5.74, 6) is -0.211. The van der Waals surface area contributed by atoms with Crippen molar-refractivity contribution in [3.63, 3.8) is 0 Å². The van der Waals surface area contributed by atoms with E-state index < -0.39 is 5.38 Å². The number of hydrogen-bond acceptors (Lipinski definition) is 2. The van der Waals surface area contributed by atoms with Gasteiger partial charge in [0.1, 0.15) is 5.38 Å². The minimum absolute atomic E-state index is 0.211. The quantitative estimate of drug-likeness (QED) is 0.753. The lowest BCUT2D eigenvalue weighted by Gasteiger charge is -2.02. The predicted octanol–water partition coefficient (Wildman–Crippen LogP) is 1.47. The molecule has 0 fully saturated rings. The molecule has 0 saturated heterocycles. The maximum atomic E-state index is 11.1. The summed E-state index contributed by atoms with van der Waals surface area (Å²) in [5, 5.41) is 6.12. The minimum Gasteiger partial charge on any atom is -0.322 e. The maximum Gasteiger partial charge on any atom is 0.242 e. The molecule has 0 radical (unpaired) electrons. The largest absolute Gasteiger partial charge is 0.322 e. The Kier molecular flexibility index (Phi) is 3.31. The van der Waals surface area contributed by atoms with Crippen molar-refractivity contribution in [3.8, 4) is 0 Å². The van der Waals surface area contributed by atoms with Crippen molar-refractivity contribution in [2.75, 3.05) is 5.32 Å². The van der Waals surface area contributed by atoms with Gasteiger partial charge >= 0.3 is 0 Å². The van der Waals surface area contributed by atoms with Gasteiger partial charge in [0.05, 0.1) is 11.9 Å². The lowest BCUT2D eigenvalue weighted by atomic mass is 10.4. The number of amides is 1. The highest BCUT2D eigenvalue weighted by molar-refractivity contribution is 6.32. The molecule has 1 N–H and O–H groups in total. The summed E-state index contributed by atoms with van der Waals surface area (Å²) in [6, 6.07) is 0. The Labute approximate surface area is 81.9 Å². The molecule has 5 heteroatoms. The molecule has 0 bridgehead atoms. The van der Waals surface area contributed by atoms with Crippen molar-refractivity contribution >= 4 is 23.2 Å². The van der Waals surface area contributed by atoms with Crippen LogP contribution >= 0.6 is 11.6 Å². The molecule has 4 nitrogen and oxygen atoms in total. The number of carbonyl (C=O) groups is 1. The SMILES string of the molecule is CCn1cc(NC(=O)C(C)Cl)cn1. The number of halogens is 1. The van der Waals surface area contributed by atoms with Crippen LogP contribution in [0.1, 0.15) is 13.8 Å². The fourth-order valence-electron chi connectivity index (χ4n) is 0.843. The number of aryl methyl sites for hydroxylation is 1. The zero-order valence-corrected chi connectivity index (χ0v) is 8.38. The third-order valence-corrected chi connectivity index (χ3v) is 1.78. The summed E-state index contributed by atoms with van der Waals surface area (Å²) in [6.45, 7) is 4.39. The first-order chi connectivity index (χ1) is 6.13. The van der Waals surface area contributed by atoms with Gasteiger partial charge < -0.3 is 5.32 Å². The second kappa shape index (κ2) is 4.28. The average Bonchev–Trinajstić information content (AvgIpc) is 2.52. The standard InChI is InChI=1S/C8H12ClN3O/c1-3-12-5-7(4-10-12)11-8(13)6(2)9/h4-6H,3H2,1-2H3,(H,11,13). The Morgan fingerprint density at radius 1 is 1.85 bits per heavy atom. The molecule has 72 valence electrons. The third-order valence-electron chi connectivity index (χ3n) is 1.59. The molecule has 13 heavy (non-hydrogen) atoms. The zero-order chi connectivity index (χ0) is 9.84. The minimum atomic E-state index is -0.523. The van der Waals surface area contributed by atoms with Crippen molar-refractivity contribution in [1.29, 1.82) is 0 Å². The van der Waals surface area contributed by atoms with Gasteiger partial charge in [-0.05, 0) is 13.8 Å². The van der Waals surface area contributed by atoms with Crippen molar-refractivity contribution < 1.29 is 4.79 Å². The van der Waals surface area contributed by atoms with Crippen LogP contribution in [0.4, 0.5) is 5.69 Å². The number of nitrogens with zero attached hydrogens (tertiary/aromatic N) is 2. The van der Waals surface area contributed by atoms with Crippen LogP contribution in [0.15, 0.2) is 12.4 Å². The topological polar surface area (TPSA) is 46.9 Å². The van der Waals surface area contributed by atoms with E-state index in [4.69, 9.17) is 11.6 Å². The molecule has 1 atom stereocenters. The molecular weight excluding hydrogens is 190 g/mol. The van der Waals surface area contributed by atoms with E-state index in [2.05, 4.69) is 10.4 Å². The Hall–Kier alpha value is -1.03. The number of rotatable bonds is 3. The number of hydrogen-bond donors (Lipinski definition) is 1. The van der Waals surface area contributed by atoms with Crippen LogP contribution < -0.4 is 5.32 Å². The molecule has 0 spiro atoms. The summed E-state index contributed by atoms with van der Waals surface area (Å²) in [7, 11) is 0. The molecule has 1 heterocycles. The fourth-order valence-corrected chi connectivity index (χ4v) is 0.897. The Morgan fingerprint density at radius 3 is 3.00 bits per heavy atom. The van der Waals surface area contributed by atoms with Crippen LogP contribution in [0.2, 0.25) is 0 Å². The second-order valence-corrected chi connectivity index (χ2v) is 3.34. The van der Waals surface area contributed by atoms with E-state index in [1.54, 1.807) is 24.0 Å². The van der Waals surface area contributed by atoms with Gasteiger partial charge in [0.15, 0.2) is 0 Å². The number of nitrogens with one attached hydrogen (secondary N) is 1. The fraction of sp³-hybridized carbons (Fsp3) is 0.500. The van der Waals surface area contributed by atoms with Gasteiger partial charge in [0, 0.05) is 12.7 Å². The molecular formula is C8H12ClN3O. The van der Waals surface area contributed by atoms with Gasteiger partial charge in [-0.1, -0.05) is 0 Å². The zero-order valence-electron chi connectivity index (χ0n) is 7.62. The summed E-state index contributed by atoms with van der Waals surface area (Å²) in [5.41, 5.74) is 0.680. The van der Waals surface area contributed by atoms with Crippen LogP contribution in [-0.2, 0) is 11.3 Å². The van der Waals surface area contributed by atoms with Gasteiger partial charge in [-0.25, -0.2) is 0 Å². The van der Waals surface area contributed by atoms with Crippen LogP contribution in [0, 0.1) is 0 Å². The lowest BCUT2D eigenvalue weighted by molar-refractivity contribution is -0.115. The van der Waals surface area contributed by atoms with Gasteiger partial charge in [0.25, 0.3) is 0 Å². The first-order valence-electron chi connectivity index (χ1n) is 4.11. The monoisotopic (exact) mass is 201 g/mol. The Bertz CT molecular complexity index is 295. The van der Waals surface area contributed by atoms with Gasteiger partial charge in [-0.3, -0.25) is 9.48 Å². The Balaban J connectivity index is 2.59. The lowest BCUT2D eigenvalue weighted by Crippen LogP contribution is -2.19. The van der Waals surface area contributed by atoms with E-state index >= 15 is 0 Å². The molecule has 1 aromatic heterocycles. The van der Waals surface area contributed by atoms with Crippen molar-refractivity contribution in [1.82, 2.24) is 9.78 Å². The Morgan fingerprint density at radius 2 is 2.54 bits per heavy atom. The highest BCUT2D eigenvalue weighted by Crippen LogP contribution is 2.06. The number of carbonyl (C=O) groups excluding carboxylic acids is 1. The molecule has 0 aliphatic carbocycles. The van der Waals surface area contributed by atoms with E-state index in [1.165, 1.54) is 0 Å². The van der Waals surface area contributed by atoms with E-state index in [0.717, 1.165) is 6.54 Å². The van der Waals surface area contributed by atoms with Gasteiger partial charge in [-0.2, -0.15) is 5.10 Å². The first kappa shape index (κ1) is 10.1. The van der Waals surface area contributed by atoms with E-state index in [0.29, 0.717) is 5.69 Å². The first-order valence-corrected chi connectivity index (χ1v) is 4.54. The van der Waals surface area contributed by atoms with Crippen molar-refractivity contribution in [3.05, 3.63) is 12.4 Å². The average molecular weight is 202 g/mol. The number of aromatic nitrogens is 2. The third kappa shape index (κ3) is 2.73. The molecule has 1 unspecified atom stereocenters. The summed E-state index contributed by atoms with van der Waals surface area (Å²) in [6.07, 6.45) is 3.36. The number of alkyl halides is 1. The van der Waals surface area contributed by atoms with Crippen molar-refractivity contribution in [2.24, 2.45) is 0 Å². The molecule has 0 saturated carbocycles. The van der Waals surface area contributed by atoms with Crippen molar-refractivity contribution in [2.45, 2.75) is 25.8 Å². The van der Waals surface area contributed by atoms with Gasteiger partial charge in [-0.15, -0.1) is 11.6 Å². The van der Waals surface area contributed by atoms with Gasteiger partial charge in [0.2, 0.25) is 5.91 Å². The molecule has 1 rings (SSSR count). The summed E-state index contributed by atoms with van der Waals surface area (Å²) in [4.78, 5) is 11.1. The predicted molar refractivity (Wildman–Crippen MR) is 51.8 cm³/mol. The van der Waals surface area contributed by atoms with Crippen LogP contribution in [0.25, 0.3) is 0 Å². The molecule has 1 amide bonds. The van der Waals surface area contributed by atoms with Crippen LogP contribution in [-0.4, -0.2) is 21.1 Å². The normalized spacial score (nSPS) is 12.5. The van der Waals surface area contributed by atoms with E-state index in [9.17, 15) is 4.79 Å². The second-order valence-electron chi connectivity index (χ2n) is 2.69.